The Morgan fingerprint density at radius 2 is 1.96 bits per heavy atom. The molecule has 0 saturated heterocycles. The van der Waals surface area contributed by atoms with Gasteiger partial charge in [0.15, 0.2) is 0 Å². The number of fused-ring (bicyclic) bond motifs is 1. The molecule has 3 rings (SSSR count). The van der Waals surface area contributed by atoms with Gasteiger partial charge < -0.3 is 15.0 Å². The highest BCUT2D eigenvalue weighted by atomic mass is 19.1. The van der Waals surface area contributed by atoms with Crippen molar-refractivity contribution in [2.24, 2.45) is 0 Å². The van der Waals surface area contributed by atoms with Gasteiger partial charge in [0.05, 0.1) is 13.0 Å². The minimum Gasteiger partial charge on any atom is -0.383 e. The molecule has 0 bridgehead atoms. The van der Waals surface area contributed by atoms with Gasteiger partial charge in [0.25, 0.3) is 0 Å². The molecule has 136 valence electrons. The molecule has 1 heterocycles. The van der Waals surface area contributed by atoms with Gasteiger partial charge in [-0.1, -0.05) is 36.4 Å². The molecule has 0 spiro atoms. The van der Waals surface area contributed by atoms with Crippen molar-refractivity contribution in [3.05, 3.63) is 71.0 Å². The van der Waals surface area contributed by atoms with E-state index in [2.05, 4.69) is 5.32 Å². The number of carbonyl (C=O) groups excluding carboxylic acids is 2. The number of benzene rings is 2. The Labute approximate surface area is 151 Å². The molecule has 0 aromatic heterocycles. The topological polar surface area (TPSA) is 58.6 Å². The predicted molar refractivity (Wildman–Crippen MR) is 94.7 cm³/mol. The van der Waals surface area contributed by atoms with Crippen molar-refractivity contribution in [2.45, 2.75) is 19.0 Å². The van der Waals surface area contributed by atoms with E-state index in [1.165, 1.54) is 12.1 Å². The summed E-state index contributed by atoms with van der Waals surface area (Å²) in [5, 5.41) is 2.86. The van der Waals surface area contributed by atoms with Crippen molar-refractivity contribution < 1.29 is 18.7 Å². The van der Waals surface area contributed by atoms with Gasteiger partial charge in [0, 0.05) is 20.2 Å². The van der Waals surface area contributed by atoms with Crippen molar-refractivity contribution in [2.75, 3.05) is 20.3 Å². The summed E-state index contributed by atoms with van der Waals surface area (Å²) in [6, 6.07) is 12.7. The van der Waals surface area contributed by atoms with Gasteiger partial charge in [-0.2, -0.15) is 0 Å². The molecule has 26 heavy (non-hydrogen) atoms. The van der Waals surface area contributed by atoms with E-state index in [4.69, 9.17) is 4.74 Å². The molecule has 2 aromatic rings. The molecule has 1 aliphatic heterocycles. The minimum absolute atomic E-state index is 0.0947. The quantitative estimate of drug-likeness (QED) is 0.863. The standard InChI is InChI=1S/C20H21FN2O3/c1-26-11-10-23-18(24)12-15-4-2-3-5-17(15)19(23)20(25)22-13-14-6-8-16(21)9-7-14/h2-9,19H,10-13H2,1H3,(H,22,25)/t19-/m0/s1. The fourth-order valence-corrected chi connectivity index (χ4v) is 3.15. The van der Waals surface area contributed by atoms with Gasteiger partial charge in [-0.05, 0) is 28.8 Å². The average Bonchev–Trinajstić information content (AvgIpc) is 2.65. The highest BCUT2D eigenvalue weighted by Crippen LogP contribution is 2.30. The molecular formula is C20H21FN2O3. The van der Waals surface area contributed by atoms with E-state index in [9.17, 15) is 14.0 Å². The zero-order valence-corrected chi connectivity index (χ0v) is 14.6. The third-order valence-electron chi connectivity index (χ3n) is 4.49. The highest BCUT2D eigenvalue weighted by Gasteiger charge is 2.36. The molecule has 0 unspecified atom stereocenters. The van der Waals surface area contributed by atoms with Gasteiger partial charge in [-0.25, -0.2) is 4.39 Å². The number of methoxy groups -OCH3 is 1. The van der Waals surface area contributed by atoms with Crippen molar-refractivity contribution in [1.29, 1.82) is 0 Å². The molecule has 5 nitrogen and oxygen atoms in total. The first kappa shape index (κ1) is 18.1. The monoisotopic (exact) mass is 356 g/mol. The smallest absolute Gasteiger partial charge is 0.247 e. The molecule has 1 N–H and O–H groups in total. The lowest BCUT2D eigenvalue weighted by molar-refractivity contribution is -0.142. The zero-order chi connectivity index (χ0) is 18.5. The van der Waals surface area contributed by atoms with Crippen molar-refractivity contribution in [1.82, 2.24) is 10.2 Å². The molecule has 6 heteroatoms. The summed E-state index contributed by atoms with van der Waals surface area (Å²) in [7, 11) is 1.56. The van der Waals surface area contributed by atoms with Gasteiger partial charge in [0.1, 0.15) is 11.9 Å². The van der Waals surface area contributed by atoms with E-state index in [-0.39, 0.29) is 30.6 Å². The summed E-state index contributed by atoms with van der Waals surface area (Å²) in [6.45, 7) is 0.970. The van der Waals surface area contributed by atoms with Gasteiger partial charge >= 0.3 is 0 Å². The van der Waals surface area contributed by atoms with Crippen molar-refractivity contribution >= 4 is 11.8 Å². The van der Waals surface area contributed by atoms with Crippen molar-refractivity contribution in [3.8, 4) is 0 Å². The number of amides is 2. The van der Waals surface area contributed by atoms with Crippen LogP contribution >= 0.6 is 0 Å². The second-order valence-corrected chi connectivity index (χ2v) is 6.20. The largest absolute Gasteiger partial charge is 0.383 e. The number of hydrogen-bond donors (Lipinski definition) is 1. The molecule has 0 fully saturated rings. The molecule has 0 saturated carbocycles. The minimum atomic E-state index is -0.692. The third-order valence-corrected chi connectivity index (χ3v) is 4.49. The maximum absolute atomic E-state index is 13.0. The summed E-state index contributed by atoms with van der Waals surface area (Å²) in [5.74, 6) is -0.675. The molecule has 0 radical (unpaired) electrons. The third kappa shape index (κ3) is 3.91. The lowest BCUT2D eigenvalue weighted by Gasteiger charge is -2.36. The number of nitrogens with zero attached hydrogens (tertiary/aromatic N) is 1. The number of ether oxygens (including phenoxy) is 1. The lowest BCUT2D eigenvalue weighted by Crippen LogP contribution is -2.48. The SMILES string of the molecule is COCCN1C(=O)Cc2ccccc2[C@H]1C(=O)NCc1ccc(F)cc1. The van der Waals surface area contributed by atoms with Crippen molar-refractivity contribution in [3.63, 3.8) is 0 Å². The Morgan fingerprint density at radius 3 is 2.69 bits per heavy atom. The van der Waals surface area contributed by atoms with Crippen LogP contribution in [0.5, 0.6) is 0 Å². The van der Waals surface area contributed by atoms with Crippen LogP contribution < -0.4 is 5.32 Å². The fraction of sp³-hybridized carbons (Fsp3) is 0.300. The second kappa shape index (κ2) is 8.10. The van der Waals surface area contributed by atoms with Crippen LogP contribution in [0.1, 0.15) is 22.7 Å². The van der Waals surface area contributed by atoms with E-state index in [1.807, 2.05) is 24.3 Å². The summed E-state index contributed by atoms with van der Waals surface area (Å²) < 4.78 is 18.1. The maximum atomic E-state index is 13.0. The Kier molecular flexibility index (Phi) is 5.63. The van der Waals surface area contributed by atoms with Gasteiger partial charge in [-0.15, -0.1) is 0 Å². The normalized spacial score (nSPS) is 16.3. The summed E-state index contributed by atoms with van der Waals surface area (Å²) in [4.78, 5) is 27.0. The molecule has 2 amide bonds. The molecule has 1 aliphatic rings. The van der Waals surface area contributed by atoms with Crippen LogP contribution in [0.2, 0.25) is 0 Å². The van der Waals surface area contributed by atoms with E-state index < -0.39 is 6.04 Å². The Hall–Kier alpha value is -2.73. The first-order valence-electron chi connectivity index (χ1n) is 8.48. The van der Waals surface area contributed by atoms with Crippen LogP contribution in [0, 0.1) is 5.82 Å². The number of nitrogens with one attached hydrogen (secondary N) is 1. The Morgan fingerprint density at radius 1 is 1.23 bits per heavy atom. The second-order valence-electron chi connectivity index (χ2n) is 6.20. The highest BCUT2D eigenvalue weighted by molar-refractivity contribution is 5.92. The maximum Gasteiger partial charge on any atom is 0.247 e. The van der Waals surface area contributed by atoms with Crippen LogP contribution in [-0.4, -0.2) is 37.0 Å². The van der Waals surface area contributed by atoms with Crippen LogP contribution in [0.15, 0.2) is 48.5 Å². The number of halogens is 1. The zero-order valence-electron chi connectivity index (χ0n) is 14.6. The van der Waals surface area contributed by atoms with Gasteiger partial charge in [-0.3, -0.25) is 9.59 Å². The average molecular weight is 356 g/mol. The van der Waals surface area contributed by atoms with E-state index in [0.717, 1.165) is 16.7 Å². The van der Waals surface area contributed by atoms with E-state index in [0.29, 0.717) is 13.2 Å². The molecule has 2 aromatic carbocycles. The molecule has 1 atom stereocenters. The summed E-state index contributed by atoms with van der Waals surface area (Å²) in [6.07, 6.45) is 0.279. The first-order chi connectivity index (χ1) is 12.6. The number of hydrogen-bond acceptors (Lipinski definition) is 3. The summed E-state index contributed by atoms with van der Waals surface area (Å²) in [5.41, 5.74) is 2.49. The fourth-order valence-electron chi connectivity index (χ4n) is 3.15. The first-order valence-corrected chi connectivity index (χ1v) is 8.48. The lowest BCUT2D eigenvalue weighted by atomic mass is 9.91. The van der Waals surface area contributed by atoms with E-state index >= 15 is 0 Å². The van der Waals surface area contributed by atoms with Crippen LogP contribution in [0.4, 0.5) is 4.39 Å². The number of rotatable bonds is 6. The van der Waals surface area contributed by atoms with Crippen LogP contribution in [0.25, 0.3) is 0 Å². The predicted octanol–water partition coefficient (Wildman–Crippen LogP) is 2.21. The Bertz CT molecular complexity index is 792. The van der Waals surface area contributed by atoms with Gasteiger partial charge in [0.2, 0.25) is 11.8 Å². The van der Waals surface area contributed by atoms with Crippen LogP contribution in [0.3, 0.4) is 0 Å². The van der Waals surface area contributed by atoms with E-state index in [1.54, 1.807) is 24.1 Å². The van der Waals surface area contributed by atoms with Crippen LogP contribution in [-0.2, 0) is 27.3 Å². The molecular weight excluding hydrogens is 335 g/mol. The number of carbonyl (C=O) groups is 2. The molecule has 0 aliphatic carbocycles. The Balaban J connectivity index is 1.81. The summed E-state index contributed by atoms with van der Waals surface area (Å²) >= 11 is 0.